The van der Waals surface area contributed by atoms with Crippen molar-refractivity contribution in [3.8, 4) is 0 Å². The minimum Gasteiger partial charge on any atom is -0.501 e. The van der Waals surface area contributed by atoms with Gasteiger partial charge in [0.2, 0.25) is 0 Å². The number of hydrogen-bond acceptors (Lipinski definition) is 1. The molecule has 0 N–H and O–H groups in total. The molecule has 2 fully saturated rings. The number of ether oxygens (including phenoxy) is 1. The Bertz CT molecular complexity index is 317. The summed E-state index contributed by atoms with van der Waals surface area (Å²) < 4.78 is 5.66. The lowest BCUT2D eigenvalue weighted by Crippen LogP contribution is -2.26. The second-order valence-electron chi connectivity index (χ2n) is 7.54. The van der Waals surface area contributed by atoms with E-state index in [-0.39, 0.29) is 0 Å². The molecule has 0 atom stereocenters. The first-order valence-electron chi connectivity index (χ1n) is 9.71. The Hall–Kier alpha value is -0.720. The molecule has 0 aromatic heterocycles. The maximum atomic E-state index is 5.66. The molecule has 0 amide bonds. The zero-order chi connectivity index (χ0) is 15.6. The largest absolute Gasteiger partial charge is 0.501 e. The summed E-state index contributed by atoms with van der Waals surface area (Å²) in [6, 6.07) is 0. The highest BCUT2D eigenvalue weighted by Gasteiger charge is 2.30. The van der Waals surface area contributed by atoms with Crippen LogP contribution in [0.15, 0.2) is 25.0 Å². The SMILES string of the molecule is C=CCC[C@H]1CC[C@H]([C@H]2CC[C@H](COC=CCC)CC2)CC1. The predicted octanol–water partition coefficient (Wildman–Crippen LogP) is 6.51. The van der Waals surface area contributed by atoms with Gasteiger partial charge in [-0.25, -0.2) is 0 Å². The van der Waals surface area contributed by atoms with E-state index in [1.807, 2.05) is 6.26 Å². The zero-order valence-electron chi connectivity index (χ0n) is 14.6. The van der Waals surface area contributed by atoms with E-state index < -0.39 is 0 Å². The van der Waals surface area contributed by atoms with Crippen molar-refractivity contribution in [3.05, 3.63) is 25.0 Å². The Labute approximate surface area is 138 Å². The molecule has 0 heterocycles. The van der Waals surface area contributed by atoms with E-state index in [1.54, 1.807) is 0 Å². The fourth-order valence-corrected chi connectivity index (χ4v) is 4.48. The summed E-state index contributed by atoms with van der Waals surface area (Å²) in [5.74, 6) is 3.84. The van der Waals surface area contributed by atoms with Gasteiger partial charge in [-0.3, -0.25) is 0 Å². The number of allylic oxidation sites excluding steroid dienone is 2. The van der Waals surface area contributed by atoms with Crippen molar-refractivity contribution in [2.75, 3.05) is 6.61 Å². The molecule has 0 bridgehead atoms. The Morgan fingerprint density at radius 2 is 1.50 bits per heavy atom. The van der Waals surface area contributed by atoms with Crippen molar-refractivity contribution >= 4 is 0 Å². The van der Waals surface area contributed by atoms with Gasteiger partial charge in [0.15, 0.2) is 0 Å². The van der Waals surface area contributed by atoms with Crippen LogP contribution >= 0.6 is 0 Å². The van der Waals surface area contributed by atoms with Crippen LogP contribution in [0, 0.1) is 23.7 Å². The molecule has 1 nitrogen and oxygen atoms in total. The van der Waals surface area contributed by atoms with E-state index >= 15 is 0 Å². The van der Waals surface area contributed by atoms with Crippen LogP contribution in [0.5, 0.6) is 0 Å². The molecule has 0 radical (unpaired) electrons. The maximum Gasteiger partial charge on any atom is 0.0901 e. The molecule has 2 rings (SSSR count). The van der Waals surface area contributed by atoms with E-state index in [1.165, 1.54) is 64.2 Å². The van der Waals surface area contributed by atoms with Crippen molar-refractivity contribution in [3.63, 3.8) is 0 Å². The number of hydrogen-bond donors (Lipinski definition) is 0. The summed E-state index contributed by atoms with van der Waals surface area (Å²) >= 11 is 0. The highest BCUT2D eigenvalue weighted by molar-refractivity contribution is 4.83. The minimum atomic E-state index is 0.807. The van der Waals surface area contributed by atoms with Crippen LogP contribution in [0.3, 0.4) is 0 Å². The first-order valence-corrected chi connectivity index (χ1v) is 9.71. The van der Waals surface area contributed by atoms with E-state index in [2.05, 4.69) is 25.7 Å². The van der Waals surface area contributed by atoms with Crippen LogP contribution in [0.25, 0.3) is 0 Å². The third-order valence-corrected chi connectivity index (χ3v) is 5.99. The molecule has 2 aliphatic rings. The van der Waals surface area contributed by atoms with Gasteiger partial charge in [0.25, 0.3) is 0 Å². The topological polar surface area (TPSA) is 9.23 Å². The van der Waals surface area contributed by atoms with Gasteiger partial charge in [0.05, 0.1) is 12.9 Å². The second kappa shape index (κ2) is 10.1. The van der Waals surface area contributed by atoms with Crippen LogP contribution in [-0.4, -0.2) is 6.61 Å². The standard InChI is InChI=1S/C21H36O/c1-3-5-7-18-8-12-20(13-9-18)21-14-10-19(11-15-21)17-22-16-6-4-2/h3,6,16,18-21H,1,4-5,7-15,17H2,2H3/t18-,19-,20-,21-. The second-order valence-corrected chi connectivity index (χ2v) is 7.54. The van der Waals surface area contributed by atoms with E-state index in [4.69, 9.17) is 4.74 Å². The van der Waals surface area contributed by atoms with Gasteiger partial charge in [-0.15, -0.1) is 6.58 Å². The normalized spacial score (nSPS) is 33.0. The lowest BCUT2D eigenvalue weighted by atomic mass is 9.69. The lowest BCUT2D eigenvalue weighted by Gasteiger charge is -2.37. The van der Waals surface area contributed by atoms with E-state index in [9.17, 15) is 0 Å². The van der Waals surface area contributed by atoms with Gasteiger partial charge in [-0.05, 0) is 81.5 Å². The Kier molecular flexibility index (Phi) is 8.12. The van der Waals surface area contributed by atoms with Gasteiger partial charge in [-0.1, -0.05) is 31.9 Å². The molecule has 2 saturated carbocycles. The summed E-state index contributed by atoms with van der Waals surface area (Å²) in [6.07, 6.45) is 21.4. The molecular weight excluding hydrogens is 268 g/mol. The van der Waals surface area contributed by atoms with Crippen LogP contribution in [0.4, 0.5) is 0 Å². The molecule has 126 valence electrons. The van der Waals surface area contributed by atoms with Crippen molar-refractivity contribution < 1.29 is 4.74 Å². The molecule has 2 aliphatic carbocycles. The Morgan fingerprint density at radius 3 is 2.05 bits per heavy atom. The zero-order valence-corrected chi connectivity index (χ0v) is 14.6. The summed E-state index contributed by atoms with van der Waals surface area (Å²) in [5, 5.41) is 0. The third kappa shape index (κ3) is 5.82. The molecule has 0 spiro atoms. The summed E-state index contributed by atoms with van der Waals surface area (Å²) in [7, 11) is 0. The predicted molar refractivity (Wildman–Crippen MR) is 95.7 cm³/mol. The third-order valence-electron chi connectivity index (χ3n) is 5.99. The van der Waals surface area contributed by atoms with E-state index in [0.29, 0.717) is 0 Å². The van der Waals surface area contributed by atoms with Crippen LogP contribution < -0.4 is 0 Å². The van der Waals surface area contributed by atoms with Gasteiger partial charge < -0.3 is 4.74 Å². The smallest absolute Gasteiger partial charge is 0.0901 e. The molecule has 1 heteroatoms. The van der Waals surface area contributed by atoms with Gasteiger partial charge >= 0.3 is 0 Å². The Morgan fingerprint density at radius 1 is 0.909 bits per heavy atom. The fourth-order valence-electron chi connectivity index (χ4n) is 4.48. The maximum absolute atomic E-state index is 5.66. The average molecular weight is 305 g/mol. The summed E-state index contributed by atoms with van der Waals surface area (Å²) in [6.45, 7) is 6.95. The first-order chi connectivity index (χ1) is 10.8. The first kappa shape index (κ1) is 17.6. The van der Waals surface area contributed by atoms with Gasteiger partial charge in [0.1, 0.15) is 0 Å². The van der Waals surface area contributed by atoms with Crippen LogP contribution in [-0.2, 0) is 4.74 Å². The van der Waals surface area contributed by atoms with Crippen molar-refractivity contribution in [2.24, 2.45) is 23.7 Å². The molecule has 0 aromatic rings. The van der Waals surface area contributed by atoms with Crippen molar-refractivity contribution in [1.82, 2.24) is 0 Å². The molecule has 0 aromatic carbocycles. The van der Waals surface area contributed by atoms with Crippen molar-refractivity contribution in [2.45, 2.75) is 77.6 Å². The fraction of sp³-hybridized carbons (Fsp3) is 0.810. The lowest BCUT2D eigenvalue weighted by molar-refractivity contribution is 0.108. The molecule has 0 unspecified atom stereocenters. The summed E-state index contributed by atoms with van der Waals surface area (Å²) in [4.78, 5) is 0. The molecule has 0 saturated heterocycles. The van der Waals surface area contributed by atoms with Crippen LogP contribution in [0.2, 0.25) is 0 Å². The highest BCUT2D eigenvalue weighted by Crippen LogP contribution is 2.42. The quantitative estimate of drug-likeness (QED) is 0.367. The monoisotopic (exact) mass is 304 g/mol. The molecular formula is C21H36O. The average Bonchev–Trinajstić information content (AvgIpc) is 2.58. The van der Waals surface area contributed by atoms with Crippen LogP contribution in [0.1, 0.15) is 77.6 Å². The van der Waals surface area contributed by atoms with Crippen molar-refractivity contribution in [1.29, 1.82) is 0 Å². The Balaban J connectivity index is 1.61. The summed E-state index contributed by atoms with van der Waals surface area (Å²) in [5.41, 5.74) is 0. The highest BCUT2D eigenvalue weighted by atomic mass is 16.5. The minimum absolute atomic E-state index is 0.807. The van der Waals surface area contributed by atoms with Gasteiger partial charge in [0, 0.05) is 0 Å². The van der Waals surface area contributed by atoms with Gasteiger partial charge in [-0.2, -0.15) is 0 Å². The molecule has 22 heavy (non-hydrogen) atoms. The number of rotatable bonds is 8. The van der Waals surface area contributed by atoms with E-state index in [0.717, 1.165) is 36.7 Å². The molecule has 0 aliphatic heterocycles.